The molecule has 0 spiro atoms. The molecule has 1 saturated heterocycles. The second-order valence-corrected chi connectivity index (χ2v) is 7.13. The zero-order valence-electron chi connectivity index (χ0n) is 14.5. The largest absolute Gasteiger partial charge is 0.489 e. The van der Waals surface area contributed by atoms with Crippen molar-refractivity contribution in [2.24, 2.45) is 5.41 Å². The summed E-state index contributed by atoms with van der Waals surface area (Å²) in [6.07, 6.45) is 0.322. The molecule has 0 saturated carbocycles. The minimum absolute atomic E-state index is 0.0264. The Hall–Kier alpha value is -2.82. The quantitative estimate of drug-likeness (QED) is 0.659. The minimum atomic E-state index is -1.02. The zero-order valence-corrected chi connectivity index (χ0v) is 14.5. The summed E-state index contributed by atoms with van der Waals surface area (Å²) in [6, 6.07) is 5.98. The van der Waals surface area contributed by atoms with Crippen LogP contribution in [0.2, 0.25) is 0 Å². The van der Waals surface area contributed by atoms with Gasteiger partial charge in [-0.25, -0.2) is 4.79 Å². The van der Waals surface area contributed by atoms with Crippen molar-refractivity contribution in [3.8, 4) is 11.8 Å². The maximum Gasteiger partial charge on any atom is 0.407 e. The predicted molar refractivity (Wildman–Crippen MR) is 89.5 cm³/mol. The number of nitrogens with zero attached hydrogens (tertiary/aromatic N) is 3. The Labute approximate surface area is 145 Å². The Balaban J connectivity index is 2.38. The normalized spacial score (nSPS) is 20.2. The van der Waals surface area contributed by atoms with E-state index >= 15 is 0 Å². The van der Waals surface area contributed by atoms with E-state index in [1.807, 2.05) is 26.8 Å². The zero-order chi connectivity index (χ0) is 18.8. The molecule has 1 heterocycles. The van der Waals surface area contributed by atoms with E-state index in [2.05, 4.69) is 0 Å². The van der Waals surface area contributed by atoms with Gasteiger partial charge in [-0.2, -0.15) is 5.26 Å². The molecular weight excluding hydrogens is 326 g/mol. The lowest BCUT2D eigenvalue weighted by molar-refractivity contribution is -0.385. The molecule has 2 rings (SSSR count). The van der Waals surface area contributed by atoms with Crippen LogP contribution in [-0.4, -0.2) is 39.7 Å². The number of ether oxygens (including phenoxy) is 1. The van der Waals surface area contributed by atoms with E-state index in [0.29, 0.717) is 19.4 Å². The monoisotopic (exact) mass is 347 g/mol. The van der Waals surface area contributed by atoms with E-state index in [1.54, 1.807) is 0 Å². The lowest BCUT2D eigenvalue weighted by atomic mass is 9.72. The van der Waals surface area contributed by atoms with Crippen LogP contribution in [-0.2, 0) is 0 Å². The highest BCUT2D eigenvalue weighted by Crippen LogP contribution is 2.44. The fourth-order valence-electron chi connectivity index (χ4n) is 3.41. The number of hydrogen-bond acceptors (Lipinski definition) is 5. The summed E-state index contributed by atoms with van der Waals surface area (Å²) in [7, 11) is 0. The highest BCUT2D eigenvalue weighted by Gasteiger charge is 2.52. The van der Waals surface area contributed by atoms with Crippen LogP contribution in [0.5, 0.6) is 5.75 Å². The standard InChI is InChI=1S/C17H21N3O5/c1-16(2,3)17(8-5-9-19(17)15(21)22)11-25-14-7-4-6-13(20(23)24)12(14)10-18/h4,6-7H,5,8-9,11H2,1-3H3,(H,21,22)/t17-/m1/s1. The molecule has 8 nitrogen and oxygen atoms in total. The second kappa shape index (κ2) is 6.59. The van der Waals surface area contributed by atoms with Crippen molar-refractivity contribution >= 4 is 11.8 Å². The maximum absolute atomic E-state index is 11.7. The van der Waals surface area contributed by atoms with Crippen LogP contribution in [0.15, 0.2) is 18.2 Å². The molecule has 0 aromatic heterocycles. The summed E-state index contributed by atoms with van der Waals surface area (Å²) in [6.45, 7) is 6.26. The first-order valence-electron chi connectivity index (χ1n) is 7.95. The van der Waals surface area contributed by atoms with E-state index in [1.165, 1.54) is 23.1 Å². The maximum atomic E-state index is 11.7. The number of amides is 1. The minimum Gasteiger partial charge on any atom is -0.489 e. The predicted octanol–water partition coefficient (Wildman–Crippen LogP) is 3.40. The molecule has 0 unspecified atom stereocenters. The fourth-order valence-corrected chi connectivity index (χ4v) is 3.41. The van der Waals surface area contributed by atoms with Gasteiger partial charge in [0.1, 0.15) is 18.4 Å². The van der Waals surface area contributed by atoms with Crippen molar-refractivity contribution in [2.75, 3.05) is 13.2 Å². The number of benzene rings is 1. The number of nitro groups is 1. The van der Waals surface area contributed by atoms with Crippen LogP contribution in [0, 0.1) is 26.9 Å². The van der Waals surface area contributed by atoms with Gasteiger partial charge in [-0.3, -0.25) is 15.0 Å². The molecule has 1 atom stereocenters. The van der Waals surface area contributed by atoms with E-state index < -0.39 is 22.0 Å². The molecule has 8 heteroatoms. The number of rotatable bonds is 4. The van der Waals surface area contributed by atoms with Crippen molar-refractivity contribution in [2.45, 2.75) is 39.2 Å². The van der Waals surface area contributed by atoms with E-state index in [9.17, 15) is 25.3 Å². The first kappa shape index (κ1) is 18.5. The molecule has 1 aliphatic rings. The first-order valence-corrected chi connectivity index (χ1v) is 7.95. The molecular formula is C17H21N3O5. The van der Waals surface area contributed by atoms with E-state index in [-0.39, 0.29) is 23.6 Å². The Bertz CT molecular complexity index is 735. The van der Waals surface area contributed by atoms with Crippen molar-refractivity contribution in [1.82, 2.24) is 4.90 Å². The van der Waals surface area contributed by atoms with Gasteiger partial charge in [0.2, 0.25) is 0 Å². The molecule has 1 amide bonds. The molecule has 1 aromatic carbocycles. The molecule has 1 N–H and O–H groups in total. The third-order valence-corrected chi connectivity index (χ3v) is 4.89. The SMILES string of the molecule is CC(C)(C)[C@]1(COc2cccc([N+](=O)[O-])c2C#N)CCCN1C(=O)O. The molecule has 1 aliphatic heterocycles. The Morgan fingerprint density at radius 1 is 1.52 bits per heavy atom. The van der Waals surface area contributed by atoms with Gasteiger partial charge < -0.3 is 9.84 Å². The summed E-state index contributed by atoms with van der Waals surface area (Å²) in [5.41, 5.74) is -1.66. The van der Waals surface area contributed by atoms with Gasteiger partial charge in [-0.05, 0) is 24.3 Å². The van der Waals surface area contributed by atoms with Gasteiger partial charge in [0.25, 0.3) is 5.69 Å². The summed E-state index contributed by atoms with van der Waals surface area (Å²) in [5.74, 6) is 0.0950. The van der Waals surface area contributed by atoms with Gasteiger partial charge in [0, 0.05) is 12.6 Å². The van der Waals surface area contributed by atoms with Crippen LogP contribution >= 0.6 is 0 Å². The van der Waals surface area contributed by atoms with Crippen molar-refractivity contribution in [3.05, 3.63) is 33.9 Å². The smallest absolute Gasteiger partial charge is 0.407 e. The summed E-state index contributed by atoms with van der Waals surface area (Å²) < 4.78 is 5.78. The number of carboxylic acid groups (broad SMARTS) is 1. The average Bonchev–Trinajstić information content (AvgIpc) is 2.97. The van der Waals surface area contributed by atoms with Gasteiger partial charge >= 0.3 is 6.09 Å². The van der Waals surface area contributed by atoms with Crippen LogP contribution in [0.3, 0.4) is 0 Å². The Morgan fingerprint density at radius 3 is 2.72 bits per heavy atom. The van der Waals surface area contributed by atoms with Crippen LogP contribution in [0.25, 0.3) is 0 Å². The van der Waals surface area contributed by atoms with Gasteiger partial charge in [0.15, 0.2) is 5.56 Å². The molecule has 0 radical (unpaired) electrons. The fraction of sp³-hybridized carbons (Fsp3) is 0.529. The number of likely N-dealkylation sites (tertiary alicyclic amines) is 1. The number of carbonyl (C=O) groups is 1. The van der Waals surface area contributed by atoms with E-state index in [4.69, 9.17) is 4.74 Å². The lowest BCUT2D eigenvalue weighted by Crippen LogP contribution is -2.58. The topological polar surface area (TPSA) is 117 Å². The third kappa shape index (κ3) is 3.22. The van der Waals surface area contributed by atoms with Crippen LogP contribution < -0.4 is 4.74 Å². The first-order chi connectivity index (χ1) is 11.6. The highest BCUT2D eigenvalue weighted by atomic mass is 16.6. The molecule has 0 aliphatic carbocycles. The highest BCUT2D eigenvalue weighted by molar-refractivity contribution is 5.67. The number of nitriles is 1. The average molecular weight is 347 g/mol. The van der Waals surface area contributed by atoms with Gasteiger partial charge in [0.05, 0.1) is 10.5 Å². The Kier molecular flexibility index (Phi) is 4.88. The lowest BCUT2D eigenvalue weighted by Gasteiger charge is -2.46. The third-order valence-electron chi connectivity index (χ3n) is 4.89. The summed E-state index contributed by atoms with van der Waals surface area (Å²) in [4.78, 5) is 23.5. The molecule has 25 heavy (non-hydrogen) atoms. The summed E-state index contributed by atoms with van der Waals surface area (Å²) in [5, 5.41) is 29.9. The number of hydrogen-bond donors (Lipinski definition) is 1. The second-order valence-electron chi connectivity index (χ2n) is 7.13. The van der Waals surface area contributed by atoms with Crippen LogP contribution in [0.1, 0.15) is 39.2 Å². The van der Waals surface area contributed by atoms with Gasteiger partial charge in [-0.1, -0.05) is 26.8 Å². The Morgan fingerprint density at radius 2 is 2.20 bits per heavy atom. The molecule has 1 fully saturated rings. The van der Waals surface area contributed by atoms with Crippen LogP contribution in [0.4, 0.5) is 10.5 Å². The molecule has 134 valence electrons. The molecule has 1 aromatic rings. The van der Waals surface area contributed by atoms with Gasteiger partial charge in [-0.15, -0.1) is 0 Å². The molecule has 0 bridgehead atoms. The van der Waals surface area contributed by atoms with Crippen molar-refractivity contribution in [1.29, 1.82) is 5.26 Å². The number of nitro benzene ring substituents is 1. The van der Waals surface area contributed by atoms with E-state index in [0.717, 1.165) is 0 Å². The van der Waals surface area contributed by atoms with Crippen molar-refractivity contribution < 1.29 is 19.6 Å². The van der Waals surface area contributed by atoms with Crippen molar-refractivity contribution in [3.63, 3.8) is 0 Å². The summed E-state index contributed by atoms with van der Waals surface area (Å²) >= 11 is 0.